The molecule has 2 heteroatoms. The first-order chi connectivity index (χ1) is 7.83. The van der Waals surface area contributed by atoms with Gasteiger partial charge >= 0.3 is 0 Å². The normalized spacial score (nSPS) is 12.4. The van der Waals surface area contributed by atoms with Gasteiger partial charge in [-0.2, -0.15) is 0 Å². The fourth-order valence-electron chi connectivity index (χ4n) is 1.61. The quantitative estimate of drug-likeness (QED) is 0.580. The highest BCUT2D eigenvalue weighted by Crippen LogP contribution is 2.15. The van der Waals surface area contributed by atoms with Crippen LogP contribution in [0.3, 0.4) is 0 Å². The molecular formula is C14H21FO. The third-order valence-corrected chi connectivity index (χ3v) is 2.54. The summed E-state index contributed by atoms with van der Waals surface area (Å²) in [5, 5.41) is 0. The Bertz CT molecular complexity index is 261. The van der Waals surface area contributed by atoms with Gasteiger partial charge < -0.3 is 4.74 Å². The molecule has 0 heterocycles. The Balaban J connectivity index is 2.09. The van der Waals surface area contributed by atoms with Gasteiger partial charge in [-0.05, 0) is 18.6 Å². The van der Waals surface area contributed by atoms with E-state index in [1.807, 2.05) is 18.2 Å². The molecule has 1 nitrogen and oxygen atoms in total. The van der Waals surface area contributed by atoms with Crippen LogP contribution in [0.4, 0.5) is 4.39 Å². The zero-order chi connectivity index (χ0) is 11.6. The summed E-state index contributed by atoms with van der Waals surface area (Å²) in [5.74, 6) is 0.614. The molecule has 0 aliphatic rings. The van der Waals surface area contributed by atoms with Crippen molar-refractivity contribution in [2.24, 2.45) is 0 Å². The molecule has 90 valence electrons. The van der Waals surface area contributed by atoms with Gasteiger partial charge in [0.05, 0.1) is 0 Å². The van der Waals surface area contributed by atoms with Crippen LogP contribution in [0.2, 0.25) is 0 Å². The molecular weight excluding hydrogens is 203 g/mol. The SMILES string of the molecule is CCCCCCCC(F)Oc1ccccc1. The Labute approximate surface area is 97.6 Å². The molecule has 0 bridgehead atoms. The standard InChI is InChI=1S/C14H21FO/c1-2-3-4-5-9-12-14(15)16-13-10-7-6-8-11-13/h6-8,10-11,14H,2-5,9,12H2,1H3. The number of benzene rings is 1. The molecule has 0 aliphatic heterocycles. The van der Waals surface area contributed by atoms with Crippen molar-refractivity contribution < 1.29 is 9.13 Å². The van der Waals surface area contributed by atoms with Crippen LogP contribution in [-0.2, 0) is 0 Å². The Morgan fingerprint density at radius 3 is 2.44 bits per heavy atom. The number of hydrogen-bond acceptors (Lipinski definition) is 1. The summed E-state index contributed by atoms with van der Waals surface area (Å²) in [4.78, 5) is 0. The van der Waals surface area contributed by atoms with E-state index in [4.69, 9.17) is 4.74 Å². The van der Waals surface area contributed by atoms with Crippen molar-refractivity contribution in [2.45, 2.75) is 51.8 Å². The smallest absolute Gasteiger partial charge is 0.238 e. The molecule has 0 aliphatic carbocycles. The average Bonchev–Trinajstić information content (AvgIpc) is 2.30. The summed E-state index contributed by atoms with van der Waals surface area (Å²) in [6.45, 7) is 2.18. The largest absolute Gasteiger partial charge is 0.460 e. The zero-order valence-corrected chi connectivity index (χ0v) is 9.99. The molecule has 0 saturated heterocycles. The van der Waals surface area contributed by atoms with Crippen LogP contribution in [0.15, 0.2) is 30.3 Å². The molecule has 1 aromatic rings. The fraction of sp³-hybridized carbons (Fsp3) is 0.571. The second-order valence-electron chi connectivity index (χ2n) is 4.04. The van der Waals surface area contributed by atoms with E-state index < -0.39 is 6.36 Å². The van der Waals surface area contributed by atoms with Gasteiger partial charge in [0.1, 0.15) is 5.75 Å². The number of alkyl halides is 1. The van der Waals surface area contributed by atoms with Crippen LogP contribution in [0.25, 0.3) is 0 Å². The number of para-hydroxylation sites is 1. The number of hydrogen-bond donors (Lipinski definition) is 0. The minimum Gasteiger partial charge on any atom is -0.460 e. The predicted molar refractivity (Wildman–Crippen MR) is 65.3 cm³/mol. The van der Waals surface area contributed by atoms with Crippen molar-refractivity contribution >= 4 is 0 Å². The van der Waals surface area contributed by atoms with Crippen molar-refractivity contribution in [3.05, 3.63) is 30.3 Å². The minimum atomic E-state index is -1.16. The van der Waals surface area contributed by atoms with Crippen molar-refractivity contribution in [1.29, 1.82) is 0 Å². The predicted octanol–water partition coefficient (Wildman–Crippen LogP) is 4.72. The highest BCUT2D eigenvalue weighted by Gasteiger charge is 2.06. The molecule has 16 heavy (non-hydrogen) atoms. The summed E-state index contributed by atoms with van der Waals surface area (Å²) in [5.41, 5.74) is 0. The van der Waals surface area contributed by atoms with Gasteiger partial charge in [-0.1, -0.05) is 50.8 Å². The third-order valence-electron chi connectivity index (χ3n) is 2.54. The number of ether oxygens (including phenoxy) is 1. The van der Waals surface area contributed by atoms with E-state index in [2.05, 4.69) is 6.92 Å². The van der Waals surface area contributed by atoms with Crippen molar-refractivity contribution in [3.63, 3.8) is 0 Å². The first kappa shape index (κ1) is 13.0. The third kappa shape index (κ3) is 5.74. The fourth-order valence-corrected chi connectivity index (χ4v) is 1.61. The Kier molecular flexibility index (Phi) is 6.62. The molecule has 0 spiro atoms. The molecule has 1 unspecified atom stereocenters. The van der Waals surface area contributed by atoms with Gasteiger partial charge in [0.25, 0.3) is 0 Å². The van der Waals surface area contributed by atoms with Crippen LogP contribution < -0.4 is 4.74 Å². The lowest BCUT2D eigenvalue weighted by Gasteiger charge is -2.10. The van der Waals surface area contributed by atoms with Crippen LogP contribution in [-0.4, -0.2) is 6.36 Å². The van der Waals surface area contributed by atoms with Crippen molar-refractivity contribution in [1.82, 2.24) is 0 Å². The molecule has 0 amide bonds. The monoisotopic (exact) mass is 224 g/mol. The molecule has 0 saturated carbocycles. The molecule has 1 aromatic carbocycles. The Hall–Kier alpha value is -1.05. The molecule has 1 atom stereocenters. The van der Waals surface area contributed by atoms with Crippen LogP contribution in [0.5, 0.6) is 5.75 Å². The number of unbranched alkanes of at least 4 members (excludes halogenated alkanes) is 4. The molecule has 0 radical (unpaired) electrons. The lowest BCUT2D eigenvalue weighted by molar-refractivity contribution is 0.0569. The van der Waals surface area contributed by atoms with E-state index in [0.717, 1.165) is 12.8 Å². The van der Waals surface area contributed by atoms with E-state index in [-0.39, 0.29) is 0 Å². The van der Waals surface area contributed by atoms with Gasteiger partial charge in [0.2, 0.25) is 6.36 Å². The summed E-state index contributed by atoms with van der Waals surface area (Å²) in [6.07, 6.45) is 5.02. The van der Waals surface area contributed by atoms with E-state index in [1.165, 1.54) is 19.3 Å². The van der Waals surface area contributed by atoms with Crippen molar-refractivity contribution in [3.8, 4) is 5.75 Å². The zero-order valence-electron chi connectivity index (χ0n) is 9.99. The van der Waals surface area contributed by atoms with Crippen LogP contribution >= 0.6 is 0 Å². The summed E-state index contributed by atoms with van der Waals surface area (Å²) in [6, 6.07) is 9.16. The first-order valence-electron chi connectivity index (χ1n) is 6.18. The highest BCUT2D eigenvalue weighted by molar-refractivity contribution is 5.20. The van der Waals surface area contributed by atoms with Gasteiger partial charge in [-0.25, -0.2) is 4.39 Å². The lowest BCUT2D eigenvalue weighted by atomic mass is 10.1. The summed E-state index contributed by atoms with van der Waals surface area (Å²) in [7, 11) is 0. The second kappa shape index (κ2) is 8.14. The summed E-state index contributed by atoms with van der Waals surface area (Å²) < 4.78 is 18.5. The molecule has 0 fully saturated rings. The maximum atomic E-state index is 13.4. The Morgan fingerprint density at radius 2 is 1.75 bits per heavy atom. The van der Waals surface area contributed by atoms with Gasteiger partial charge in [0.15, 0.2) is 0 Å². The van der Waals surface area contributed by atoms with Crippen LogP contribution in [0, 0.1) is 0 Å². The maximum Gasteiger partial charge on any atom is 0.238 e. The second-order valence-corrected chi connectivity index (χ2v) is 4.04. The number of rotatable bonds is 8. The van der Waals surface area contributed by atoms with Gasteiger partial charge in [0, 0.05) is 6.42 Å². The van der Waals surface area contributed by atoms with E-state index in [1.54, 1.807) is 12.1 Å². The highest BCUT2D eigenvalue weighted by atomic mass is 19.1. The van der Waals surface area contributed by atoms with Gasteiger partial charge in [-0.15, -0.1) is 0 Å². The van der Waals surface area contributed by atoms with E-state index >= 15 is 0 Å². The summed E-state index contributed by atoms with van der Waals surface area (Å²) >= 11 is 0. The first-order valence-corrected chi connectivity index (χ1v) is 6.18. The lowest BCUT2D eigenvalue weighted by Crippen LogP contribution is -2.09. The topological polar surface area (TPSA) is 9.23 Å². The van der Waals surface area contributed by atoms with E-state index in [9.17, 15) is 4.39 Å². The minimum absolute atomic E-state index is 0.499. The Morgan fingerprint density at radius 1 is 1.06 bits per heavy atom. The molecule has 1 rings (SSSR count). The molecule has 0 N–H and O–H groups in total. The molecule has 0 aromatic heterocycles. The van der Waals surface area contributed by atoms with Gasteiger partial charge in [-0.3, -0.25) is 0 Å². The average molecular weight is 224 g/mol. The van der Waals surface area contributed by atoms with Crippen LogP contribution in [0.1, 0.15) is 45.4 Å². The maximum absolute atomic E-state index is 13.4. The van der Waals surface area contributed by atoms with Crippen molar-refractivity contribution in [2.75, 3.05) is 0 Å². The number of halogens is 1. The van der Waals surface area contributed by atoms with E-state index in [0.29, 0.717) is 12.2 Å².